The lowest BCUT2D eigenvalue weighted by Crippen LogP contribution is -2.24. The van der Waals surface area contributed by atoms with E-state index < -0.39 is 9.84 Å². The van der Waals surface area contributed by atoms with E-state index >= 15 is 0 Å². The Bertz CT molecular complexity index is 1030. The molecule has 8 nitrogen and oxygen atoms in total. The van der Waals surface area contributed by atoms with Crippen LogP contribution in [0.25, 0.3) is 11.0 Å². The van der Waals surface area contributed by atoms with E-state index in [0.29, 0.717) is 27.7 Å². The molecule has 0 aliphatic rings. The third kappa shape index (κ3) is 3.14. The van der Waals surface area contributed by atoms with Crippen LogP contribution in [0.5, 0.6) is 0 Å². The lowest BCUT2D eigenvalue weighted by atomic mass is 10.1. The molecular weight excluding hydrogens is 340 g/mol. The zero-order valence-corrected chi connectivity index (χ0v) is 15.3. The van der Waals surface area contributed by atoms with Crippen LogP contribution in [0.1, 0.15) is 18.5 Å². The number of fused-ring (bicyclic) bond motifs is 1. The molecule has 0 fully saturated rings. The second kappa shape index (κ2) is 5.99. The van der Waals surface area contributed by atoms with Crippen LogP contribution in [0, 0.1) is 0 Å². The largest absolute Gasteiger partial charge is 0.383 e. The van der Waals surface area contributed by atoms with E-state index in [1.807, 2.05) is 18.9 Å². The van der Waals surface area contributed by atoms with Gasteiger partial charge in [0.2, 0.25) is 5.95 Å². The predicted octanol–water partition coefficient (Wildman–Crippen LogP) is 1.55. The van der Waals surface area contributed by atoms with Gasteiger partial charge in [0.25, 0.3) is 0 Å². The third-order valence-electron chi connectivity index (χ3n) is 4.30. The molecule has 1 aromatic carbocycles. The van der Waals surface area contributed by atoms with Gasteiger partial charge < -0.3 is 10.6 Å². The Morgan fingerprint density at radius 2 is 1.84 bits per heavy atom. The number of benzene rings is 1. The van der Waals surface area contributed by atoms with Crippen molar-refractivity contribution in [1.82, 2.24) is 19.7 Å². The van der Waals surface area contributed by atoms with Crippen LogP contribution >= 0.6 is 0 Å². The molecule has 0 radical (unpaired) electrons. The van der Waals surface area contributed by atoms with Crippen LogP contribution in [0.4, 0.5) is 11.8 Å². The summed E-state index contributed by atoms with van der Waals surface area (Å²) in [5.41, 5.74) is 7.62. The Balaban J connectivity index is 1.94. The van der Waals surface area contributed by atoms with Gasteiger partial charge in [-0.25, -0.2) is 8.42 Å². The van der Waals surface area contributed by atoms with Crippen molar-refractivity contribution in [2.45, 2.75) is 17.9 Å². The molecule has 1 unspecified atom stereocenters. The SMILES string of the molecule is CC(c1ccc(S(C)(=O)=O)cc1)N(C)c1nc(N)c2cnn(C)c2n1. The third-order valence-corrected chi connectivity index (χ3v) is 5.43. The topological polar surface area (TPSA) is 107 Å². The van der Waals surface area contributed by atoms with Gasteiger partial charge in [-0.15, -0.1) is 0 Å². The number of nitrogen functional groups attached to an aromatic ring is 1. The van der Waals surface area contributed by atoms with Gasteiger partial charge in [-0.2, -0.15) is 15.1 Å². The molecule has 0 amide bonds. The summed E-state index contributed by atoms with van der Waals surface area (Å²) in [5.74, 6) is 0.855. The van der Waals surface area contributed by atoms with Crippen LogP contribution in [0.2, 0.25) is 0 Å². The number of nitrogens with zero attached hydrogens (tertiary/aromatic N) is 5. The van der Waals surface area contributed by atoms with Crippen molar-refractivity contribution in [3.8, 4) is 0 Å². The summed E-state index contributed by atoms with van der Waals surface area (Å²) in [6.07, 6.45) is 2.83. The van der Waals surface area contributed by atoms with Crippen molar-refractivity contribution in [1.29, 1.82) is 0 Å². The van der Waals surface area contributed by atoms with Crippen molar-refractivity contribution >= 4 is 32.6 Å². The number of sulfone groups is 1. The minimum absolute atomic E-state index is 0.0707. The summed E-state index contributed by atoms with van der Waals surface area (Å²) in [4.78, 5) is 11.1. The fraction of sp³-hybridized carbons (Fsp3) is 0.312. The van der Waals surface area contributed by atoms with E-state index in [1.54, 1.807) is 42.2 Å². The molecule has 2 heterocycles. The van der Waals surface area contributed by atoms with Gasteiger partial charge >= 0.3 is 0 Å². The standard InChI is InChI=1S/C16H20N6O2S/c1-10(11-5-7-12(8-6-11)25(4,23)24)21(2)16-19-14(17)13-9-18-22(3)15(13)20-16/h5-10H,1-4H3,(H2,17,19,20). The van der Waals surface area contributed by atoms with Crippen molar-refractivity contribution < 1.29 is 8.42 Å². The fourth-order valence-electron chi connectivity index (χ4n) is 2.58. The molecule has 2 N–H and O–H groups in total. The molecule has 132 valence electrons. The highest BCUT2D eigenvalue weighted by Gasteiger charge is 2.18. The summed E-state index contributed by atoms with van der Waals surface area (Å²) in [5, 5.41) is 4.86. The summed E-state index contributed by atoms with van der Waals surface area (Å²) in [6.45, 7) is 1.99. The minimum Gasteiger partial charge on any atom is -0.383 e. The van der Waals surface area contributed by atoms with Gasteiger partial charge in [0.05, 0.1) is 22.5 Å². The van der Waals surface area contributed by atoms with E-state index in [9.17, 15) is 8.42 Å². The molecule has 3 aromatic rings. The van der Waals surface area contributed by atoms with E-state index in [0.717, 1.165) is 5.56 Å². The maximum Gasteiger partial charge on any atom is 0.229 e. The number of aromatic nitrogens is 4. The average Bonchev–Trinajstić information content (AvgIpc) is 2.94. The number of rotatable bonds is 4. The number of nitrogens with two attached hydrogens (primary N) is 1. The first-order valence-electron chi connectivity index (χ1n) is 7.66. The molecule has 0 aliphatic heterocycles. The maximum atomic E-state index is 11.6. The first-order valence-corrected chi connectivity index (χ1v) is 9.55. The van der Waals surface area contributed by atoms with Crippen molar-refractivity contribution in [3.05, 3.63) is 36.0 Å². The Hall–Kier alpha value is -2.68. The molecule has 3 rings (SSSR count). The van der Waals surface area contributed by atoms with Crippen LogP contribution in [0.3, 0.4) is 0 Å². The molecule has 0 spiro atoms. The number of hydrogen-bond donors (Lipinski definition) is 1. The van der Waals surface area contributed by atoms with Gasteiger partial charge in [-0.1, -0.05) is 12.1 Å². The highest BCUT2D eigenvalue weighted by Crippen LogP contribution is 2.26. The molecule has 0 aliphatic carbocycles. The Kier molecular flexibility index (Phi) is 4.11. The first-order chi connectivity index (χ1) is 11.7. The van der Waals surface area contributed by atoms with Crippen molar-refractivity contribution in [2.75, 3.05) is 23.9 Å². The van der Waals surface area contributed by atoms with Crippen LogP contribution in [-0.4, -0.2) is 41.5 Å². The predicted molar refractivity (Wildman–Crippen MR) is 97.1 cm³/mol. The summed E-state index contributed by atoms with van der Waals surface area (Å²) < 4.78 is 24.8. The molecule has 25 heavy (non-hydrogen) atoms. The smallest absolute Gasteiger partial charge is 0.229 e. The van der Waals surface area contributed by atoms with Crippen molar-refractivity contribution in [3.63, 3.8) is 0 Å². The average molecular weight is 360 g/mol. The molecular formula is C16H20N6O2S. The zero-order valence-electron chi connectivity index (χ0n) is 14.5. The van der Waals surface area contributed by atoms with Crippen molar-refractivity contribution in [2.24, 2.45) is 7.05 Å². The highest BCUT2D eigenvalue weighted by molar-refractivity contribution is 7.90. The normalized spacial score (nSPS) is 13.1. The van der Waals surface area contributed by atoms with Gasteiger partial charge in [0.15, 0.2) is 15.5 Å². The van der Waals surface area contributed by atoms with Gasteiger partial charge in [-0.3, -0.25) is 4.68 Å². The van der Waals surface area contributed by atoms with E-state index in [4.69, 9.17) is 5.73 Å². The Morgan fingerprint density at radius 3 is 2.44 bits per heavy atom. The van der Waals surface area contributed by atoms with E-state index in [-0.39, 0.29) is 6.04 Å². The maximum absolute atomic E-state index is 11.6. The molecule has 0 saturated carbocycles. The van der Waals surface area contributed by atoms with Crippen LogP contribution in [-0.2, 0) is 16.9 Å². The molecule has 1 atom stereocenters. The quantitative estimate of drug-likeness (QED) is 0.752. The highest BCUT2D eigenvalue weighted by atomic mass is 32.2. The van der Waals surface area contributed by atoms with Crippen LogP contribution in [0.15, 0.2) is 35.4 Å². The molecule has 0 bridgehead atoms. The lowest BCUT2D eigenvalue weighted by Gasteiger charge is -2.25. The Morgan fingerprint density at radius 1 is 1.20 bits per heavy atom. The summed E-state index contributed by atoms with van der Waals surface area (Å²) >= 11 is 0. The lowest BCUT2D eigenvalue weighted by molar-refractivity contribution is 0.601. The number of anilines is 2. The van der Waals surface area contributed by atoms with E-state index in [1.165, 1.54) is 6.26 Å². The first kappa shape index (κ1) is 17.2. The van der Waals surface area contributed by atoms with Gasteiger partial charge in [0.1, 0.15) is 5.82 Å². The minimum atomic E-state index is -3.21. The second-order valence-corrected chi connectivity index (χ2v) is 8.06. The van der Waals surface area contributed by atoms with Crippen LogP contribution < -0.4 is 10.6 Å². The number of hydrogen-bond acceptors (Lipinski definition) is 7. The second-order valence-electron chi connectivity index (χ2n) is 6.04. The van der Waals surface area contributed by atoms with E-state index in [2.05, 4.69) is 15.1 Å². The summed E-state index contributed by atoms with van der Waals surface area (Å²) in [7, 11) is 0.454. The van der Waals surface area contributed by atoms with Gasteiger partial charge in [-0.05, 0) is 24.6 Å². The number of aryl methyl sites for hydroxylation is 1. The fourth-order valence-corrected chi connectivity index (χ4v) is 3.21. The zero-order chi connectivity index (χ0) is 18.4. The molecule has 0 saturated heterocycles. The monoisotopic (exact) mass is 360 g/mol. The summed E-state index contributed by atoms with van der Waals surface area (Å²) in [6, 6.07) is 6.73. The molecule has 2 aromatic heterocycles. The molecule has 9 heteroatoms. The Labute approximate surface area is 146 Å². The van der Waals surface area contributed by atoms with Gasteiger partial charge in [0, 0.05) is 20.4 Å².